The Labute approximate surface area is 101 Å². The smallest absolute Gasteiger partial charge is 0.160 e. The van der Waals surface area contributed by atoms with Crippen molar-refractivity contribution in [2.75, 3.05) is 5.73 Å². The van der Waals surface area contributed by atoms with E-state index in [0.717, 1.165) is 18.2 Å². The molecule has 0 radical (unpaired) electrons. The second kappa shape index (κ2) is 4.30. The molecule has 0 aliphatic carbocycles. The molecule has 0 spiro atoms. The summed E-state index contributed by atoms with van der Waals surface area (Å²) in [7, 11) is 0. The highest BCUT2D eigenvalue weighted by atomic mass is 35.5. The van der Waals surface area contributed by atoms with Crippen LogP contribution in [-0.4, -0.2) is 0 Å². The van der Waals surface area contributed by atoms with Gasteiger partial charge in [0.25, 0.3) is 0 Å². The molecule has 2 aromatic carbocycles. The van der Waals surface area contributed by atoms with Gasteiger partial charge in [-0.1, -0.05) is 11.6 Å². The average Bonchev–Trinajstić information content (AvgIpc) is 2.24. The van der Waals surface area contributed by atoms with E-state index in [4.69, 9.17) is 17.3 Å². The average molecular weight is 258 g/mol. The molecule has 88 valence electrons. The summed E-state index contributed by atoms with van der Waals surface area (Å²) in [5, 5.41) is 0.0159. The van der Waals surface area contributed by atoms with Crippen molar-refractivity contribution in [2.45, 2.75) is 0 Å². The number of benzene rings is 2. The monoisotopic (exact) mass is 257 g/mol. The summed E-state index contributed by atoms with van der Waals surface area (Å²) in [6.07, 6.45) is 0. The van der Waals surface area contributed by atoms with Crippen LogP contribution in [0.4, 0.5) is 18.9 Å². The zero-order valence-corrected chi connectivity index (χ0v) is 9.23. The van der Waals surface area contributed by atoms with Gasteiger partial charge in [0.15, 0.2) is 11.6 Å². The van der Waals surface area contributed by atoms with Gasteiger partial charge in [0, 0.05) is 16.8 Å². The molecule has 0 fully saturated rings. The summed E-state index contributed by atoms with van der Waals surface area (Å²) in [6, 6.07) is 5.41. The molecule has 0 saturated heterocycles. The Kier molecular flexibility index (Phi) is 2.98. The molecule has 0 unspecified atom stereocenters. The van der Waals surface area contributed by atoms with E-state index in [1.54, 1.807) is 0 Å². The largest absolute Gasteiger partial charge is 0.398 e. The van der Waals surface area contributed by atoms with Gasteiger partial charge in [0.2, 0.25) is 0 Å². The maximum atomic E-state index is 13.1. The van der Waals surface area contributed by atoms with E-state index in [1.807, 2.05) is 0 Å². The van der Waals surface area contributed by atoms with Crippen LogP contribution in [-0.2, 0) is 0 Å². The summed E-state index contributed by atoms with van der Waals surface area (Å²) >= 11 is 5.79. The number of nitrogens with two attached hydrogens (primary N) is 1. The Bertz CT molecular complexity index is 584. The van der Waals surface area contributed by atoms with E-state index in [1.165, 1.54) is 12.1 Å². The molecule has 0 bridgehead atoms. The highest BCUT2D eigenvalue weighted by molar-refractivity contribution is 6.33. The molecule has 0 aromatic heterocycles. The second-order valence-electron chi connectivity index (χ2n) is 3.48. The van der Waals surface area contributed by atoms with Crippen molar-refractivity contribution in [2.24, 2.45) is 0 Å². The molecule has 2 aromatic rings. The summed E-state index contributed by atoms with van der Waals surface area (Å²) in [4.78, 5) is 0. The van der Waals surface area contributed by atoms with Gasteiger partial charge in [0.1, 0.15) is 5.82 Å². The van der Waals surface area contributed by atoms with E-state index in [2.05, 4.69) is 0 Å². The van der Waals surface area contributed by atoms with Gasteiger partial charge in [-0.05, 0) is 30.3 Å². The summed E-state index contributed by atoms with van der Waals surface area (Å²) in [5.41, 5.74) is 6.29. The van der Waals surface area contributed by atoms with Crippen LogP contribution < -0.4 is 5.73 Å². The molecule has 17 heavy (non-hydrogen) atoms. The second-order valence-corrected chi connectivity index (χ2v) is 3.88. The molecule has 2 N–H and O–H groups in total. The number of anilines is 1. The summed E-state index contributed by atoms with van der Waals surface area (Å²) in [5.74, 6) is -2.59. The van der Waals surface area contributed by atoms with Crippen LogP contribution >= 0.6 is 11.6 Å². The Morgan fingerprint density at radius 3 is 2.18 bits per heavy atom. The quantitative estimate of drug-likeness (QED) is 0.606. The highest BCUT2D eigenvalue weighted by Gasteiger charge is 2.12. The van der Waals surface area contributed by atoms with Crippen molar-refractivity contribution in [3.05, 3.63) is 52.8 Å². The Hall–Kier alpha value is -1.68. The van der Waals surface area contributed by atoms with E-state index >= 15 is 0 Å². The normalized spacial score (nSPS) is 10.6. The van der Waals surface area contributed by atoms with Gasteiger partial charge in [-0.15, -0.1) is 0 Å². The third kappa shape index (κ3) is 2.22. The number of rotatable bonds is 1. The molecule has 0 heterocycles. The number of nitrogen functional groups attached to an aromatic ring is 1. The number of halogens is 4. The van der Waals surface area contributed by atoms with Crippen LogP contribution in [0.3, 0.4) is 0 Å². The molecule has 1 nitrogen and oxygen atoms in total. The summed E-state index contributed by atoms with van der Waals surface area (Å²) in [6.45, 7) is 0. The van der Waals surface area contributed by atoms with Gasteiger partial charge < -0.3 is 5.73 Å². The molecular formula is C12H7ClF3N. The fourth-order valence-corrected chi connectivity index (χ4v) is 1.76. The van der Waals surface area contributed by atoms with Gasteiger partial charge in [-0.25, -0.2) is 13.2 Å². The number of hydrogen-bond donors (Lipinski definition) is 1. The van der Waals surface area contributed by atoms with E-state index < -0.39 is 17.5 Å². The van der Waals surface area contributed by atoms with Crippen molar-refractivity contribution in [3.8, 4) is 11.1 Å². The predicted molar refractivity (Wildman–Crippen MR) is 61.2 cm³/mol. The van der Waals surface area contributed by atoms with Crippen LogP contribution in [0.2, 0.25) is 5.02 Å². The maximum absolute atomic E-state index is 13.1. The van der Waals surface area contributed by atoms with Crippen LogP contribution in [0.1, 0.15) is 0 Å². The Balaban J connectivity index is 2.64. The highest BCUT2D eigenvalue weighted by Crippen LogP contribution is 2.33. The lowest BCUT2D eigenvalue weighted by Crippen LogP contribution is -1.94. The van der Waals surface area contributed by atoms with Crippen LogP contribution in [0, 0.1) is 17.5 Å². The van der Waals surface area contributed by atoms with Gasteiger partial charge in [-0.2, -0.15) is 0 Å². The first-order valence-corrected chi connectivity index (χ1v) is 5.07. The lowest BCUT2D eigenvalue weighted by Gasteiger charge is -2.08. The first kappa shape index (κ1) is 11.8. The molecule has 0 atom stereocenters. The molecule has 2 rings (SSSR count). The van der Waals surface area contributed by atoms with E-state index in [-0.39, 0.29) is 16.3 Å². The lowest BCUT2D eigenvalue weighted by molar-refractivity contribution is 0.509. The first-order valence-electron chi connectivity index (χ1n) is 4.69. The maximum Gasteiger partial charge on any atom is 0.160 e. The zero-order chi connectivity index (χ0) is 12.6. The van der Waals surface area contributed by atoms with Crippen molar-refractivity contribution < 1.29 is 13.2 Å². The minimum Gasteiger partial charge on any atom is -0.398 e. The van der Waals surface area contributed by atoms with Gasteiger partial charge in [-0.3, -0.25) is 0 Å². The van der Waals surface area contributed by atoms with Gasteiger partial charge >= 0.3 is 0 Å². The fourth-order valence-electron chi connectivity index (χ4n) is 1.51. The van der Waals surface area contributed by atoms with E-state index in [9.17, 15) is 13.2 Å². The number of hydrogen-bond acceptors (Lipinski definition) is 1. The molecule has 5 heteroatoms. The third-order valence-corrected chi connectivity index (χ3v) is 2.63. The predicted octanol–water partition coefficient (Wildman–Crippen LogP) is 4.01. The van der Waals surface area contributed by atoms with Crippen molar-refractivity contribution in [1.29, 1.82) is 0 Å². The lowest BCUT2D eigenvalue weighted by atomic mass is 10.0. The molecule has 0 amide bonds. The third-order valence-electron chi connectivity index (χ3n) is 2.31. The van der Waals surface area contributed by atoms with Gasteiger partial charge in [0.05, 0.1) is 5.02 Å². The molecule has 0 saturated carbocycles. The Morgan fingerprint density at radius 1 is 0.882 bits per heavy atom. The topological polar surface area (TPSA) is 26.0 Å². The molecular weight excluding hydrogens is 251 g/mol. The first-order chi connectivity index (χ1) is 7.99. The zero-order valence-electron chi connectivity index (χ0n) is 8.48. The molecule has 0 aliphatic heterocycles. The van der Waals surface area contributed by atoms with Crippen molar-refractivity contribution in [3.63, 3.8) is 0 Å². The minimum atomic E-state index is -1.04. The fraction of sp³-hybridized carbons (Fsp3) is 0. The summed E-state index contributed by atoms with van der Waals surface area (Å²) < 4.78 is 38.9. The van der Waals surface area contributed by atoms with Crippen LogP contribution in [0.25, 0.3) is 11.1 Å². The molecule has 0 aliphatic rings. The van der Waals surface area contributed by atoms with Crippen LogP contribution in [0.15, 0.2) is 30.3 Å². The van der Waals surface area contributed by atoms with Crippen molar-refractivity contribution >= 4 is 17.3 Å². The minimum absolute atomic E-state index is 0.0159. The van der Waals surface area contributed by atoms with E-state index in [0.29, 0.717) is 5.56 Å². The Morgan fingerprint density at radius 2 is 1.53 bits per heavy atom. The van der Waals surface area contributed by atoms with Crippen LogP contribution in [0.5, 0.6) is 0 Å². The standard InChI is InChI=1S/C12H7ClF3N/c13-9-5-11(16)10(15)4-8(9)7-2-1-6(14)3-12(7)17/h1-5H,17H2. The SMILES string of the molecule is Nc1cc(F)ccc1-c1cc(F)c(F)cc1Cl. The van der Waals surface area contributed by atoms with Crippen molar-refractivity contribution in [1.82, 2.24) is 0 Å².